The van der Waals surface area contributed by atoms with Crippen LogP contribution in [0.4, 0.5) is 0 Å². The number of aromatic nitrogens is 1. The summed E-state index contributed by atoms with van der Waals surface area (Å²) < 4.78 is 6.23. The summed E-state index contributed by atoms with van der Waals surface area (Å²) in [6, 6.07) is 13.2. The fraction of sp³-hybridized carbons (Fsp3) is 0.500. The number of hydrogen-bond acceptors (Lipinski definition) is 6. The van der Waals surface area contributed by atoms with Crippen LogP contribution in [0.2, 0.25) is 0 Å². The second kappa shape index (κ2) is 12.2. The molecular formula is C32H42N4O2S. The van der Waals surface area contributed by atoms with Gasteiger partial charge in [0.05, 0.1) is 12.1 Å². The van der Waals surface area contributed by atoms with Crippen molar-refractivity contribution >= 4 is 17.2 Å². The summed E-state index contributed by atoms with van der Waals surface area (Å²) in [5, 5.41) is 3.44. The van der Waals surface area contributed by atoms with Gasteiger partial charge in [0.15, 0.2) is 0 Å². The van der Waals surface area contributed by atoms with Gasteiger partial charge in [-0.25, -0.2) is 4.98 Å². The first kappa shape index (κ1) is 27.8. The van der Waals surface area contributed by atoms with Crippen molar-refractivity contribution in [2.75, 3.05) is 26.7 Å². The Morgan fingerprint density at radius 1 is 1.13 bits per heavy atom. The third-order valence-corrected chi connectivity index (χ3v) is 9.89. The minimum absolute atomic E-state index is 0.147. The molecule has 1 amide bonds. The van der Waals surface area contributed by atoms with Gasteiger partial charge in [-0.15, -0.1) is 11.3 Å². The minimum Gasteiger partial charge on any atom is -0.473 e. The molecule has 1 unspecified atom stereocenters. The fourth-order valence-corrected chi connectivity index (χ4v) is 7.69. The Kier molecular flexibility index (Phi) is 8.70. The predicted octanol–water partition coefficient (Wildman–Crippen LogP) is 5.98. The molecule has 2 aliphatic rings. The molecule has 7 heteroatoms. The molecule has 4 heterocycles. The number of amides is 1. The Labute approximate surface area is 237 Å². The molecule has 6 nitrogen and oxygen atoms in total. The number of nitrogens with zero attached hydrogens (tertiary/aromatic N) is 3. The number of fused-ring (bicyclic) bond motifs is 1. The summed E-state index contributed by atoms with van der Waals surface area (Å²) in [6.45, 7) is 12.4. The number of rotatable bonds is 9. The summed E-state index contributed by atoms with van der Waals surface area (Å²) in [4.78, 5) is 26.0. The maximum Gasteiger partial charge on any atom is 0.255 e. The monoisotopic (exact) mass is 546 g/mol. The van der Waals surface area contributed by atoms with Crippen molar-refractivity contribution in [2.24, 2.45) is 0 Å². The number of carbonyl (C=O) groups is 1. The highest BCUT2D eigenvalue weighted by Crippen LogP contribution is 2.41. The summed E-state index contributed by atoms with van der Waals surface area (Å²) in [6.07, 6.45) is 4.34. The van der Waals surface area contributed by atoms with Gasteiger partial charge in [0, 0.05) is 59.2 Å². The lowest BCUT2D eigenvalue weighted by atomic mass is 9.97. The van der Waals surface area contributed by atoms with Crippen LogP contribution in [0.1, 0.15) is 80.3 Å². The number of benzene rings is 1. The molecule has 1 atom stereocenters. The van der Waals surface area contributed by atoms with Crippen molar-refractivity contribution in [1.29, 1.82) is 0 Å². The Hall–Kier alpha value is -2.74. The molecule has 1 aromatic carbocycles. The number of nitrogens with one attached hydrogen (secondary N) is 1. The Morgan fingerprint density at radius 2 is 1.87 bits per heavy atom. The van der Waals surface area contributed by atoms with Crippen LogP contribution in [0.3, 0.4) is 0 Å². The molecule has 3 aromatic rings. The average molecular weight is 547 g/mol. The zero-order valence-electron chi connectivity index (χ0n) is 24.0. The number of piperidine rings is 1. The number of likely N-dealkylation sites (tertiary alicyclic amines) is 1. The van der Waals surface area contributed by atoms with Crippen LogP contribution in [-0.4, -0.2) is 53.4 Å². The lowest BCUT2D eigenvalue weighted by molar-refractivity contribution is 0.0725. The molecule has 0 saturated carbocycles. The summed E-state index contributed by atoms with van der Waals surface area (Å²) >= 11 is 1.88. The van der Waals surface area contributed by atoms with Gasteiger partial charge in [0.25, 0.3) is 5.91 Å². The van der Waals surface area contributed by atoms with Crippen molar-refractivity contribution in [1.82, 2.24) is 20.1 Å². The van der Waals surface area contributed by atoms with Gasteiger partial charge in [-0.1, -0.05) is 37.3 Å². The number of pyridine rings is 1. The molecule has 1 N–H and O–H groups in total. The molecule has 1 fully saturated rings. The van der Waals surface area contributed by atoms with E-state index in [4.69, 9.17) is 9.72 Å². The van der Waals surface area contributed by atoms with E-state index in [0.29, 0.717) is 31.1 Å². The van der Waals surface area contributed by atoms with Gasteiger partial charge in [0.1, 0.15) is 6.61 Å². The molecule has 1 saturated heterocycles. The topological polar surface area (TPSA) is 57.7 Å². The van der Waals surface area contributed by atoms with Crippen LogP contribution < -0.4 is 10.1 Å². The maximum absolute atomic E-state index is 13.9. The second-order valence-corrected chi connectivity index (χ2v) is 12.2. The molecule has 208 valence electrons. The minimum atomic E-state index is 0.147. The van der Waals surface area contributed by atoms with Crippen molar-refractivity contribution < 1.29 is 9.53 Å². The van der Waals surface area contributed by atoms with E-state index < -0.39 is 0 Å². The van der Waals surface area contributed by atoms with E-state index in [2.05, 4.69) is 56.2 Å². The average Bonchev–Trinajstić information content (AvgIpc) is 3.28. The molecule has 0 bridgehead atoms. The molecular weight excluding hydrogens is 504 g/mol. The lowest BCUT2D eigenvalue weighted by Gasteiger charge is -2.37. The van der Waals surface area contributed by atoms with Crippen LogP contribution in [0, 0.1) is 20.8 Å². The van der Waals surface area contributed by atoms with Gasteiger partial charge in [0.2, 0.25) is 5.88 Å². The molecule has 0 spiro atoms. The number of ether oxygens (including phenoxy) is 1. The van der Waals surface area contributed by atoms with Crippen LogP contribution in [0.5, 0.6) is 5.88 Å². The van der Waals surface area contributed by atoms with Crippen molar-refractivity contribution in [3.8, 4) is 5.88 Å². The number of thiophene rings is 1. The predicted molar refractivity (Wildman–Crippen MR) is 159 cm³/mol. The first-order chi connectivity index (χ1) is 18.9. The fourth-order valence-electron chi connectivity index (χ4n) is 6.18. The SMILES string of the molecule is CCC(c1sc2c(c1C)C(=O)N(Cc1c(C)cc(C)nc1OCc1ccccc1)CC2)N1CCC(NC)CC1. The first-order valence-corrected chi connectivity index (χ1v) is 15.2. The van der Waals surface area contributed by atoms with E-state index in [1.165, 1.54) is 28.2 Å². The van der Waals surface area contributed by atoms with Crippen molar-refractivity contribution in [3.05, 3.63) is 79.7 Å². The smallest absolute Gasteiger partial charge is 0.255 e. The number of hydrogen-bond donors (Lipinski definition) is 1. The number of carbonyl (C=O) groups excluding carboxylic acids is 1. The highest BCUT2D eigenvalue weighted by molar-refractivity contribution is 7.12. The largest absolute Gasteiger partial charge is 0.473 e. The zero-order chi connectivity index (χ0) is 27.5. The summed E-state index contributed by atoms with van der Waals surface area (Å²) in [5.41, 5.74) is 6.27. The molecule has 5 rings (SSSR count). The van der Waals surface area contributed by atoms with Crippen molar-refractivity contribution in [3.63, 3.8) is 0 Å². The third-order valence-electron chi connectivity index (χ3n) is 8.44. The summed E-state index contributed by atoms with van der Waals surface area (Å²) in [7, 11) is 2.07. The summed E-state index contributed by atoms with van der Waals surface area (Å²) in [5.74, 6) is 0.780. The van der Waals surface area contributed by atoms with Crippen LogP contribution >= 0.6 is 11.3 Å². The van der Waals surface area contributed by atoms with Gasteiger partial charge in [-0.2, -0.15) is 0 Å². The van der Waals surface area contributed by atoms with E-state index in [1.807, 2.05) is 41.4 Å². The Morgan fingerprint density at radius 3 is 2.56 bits per heavy atom. The standard InChI is InChI=1S/C32H42N4O2S/c1-6-27(35-15-12-25(33-5)13-16-35)30-23(4)29-28(39-30)14-17-36(32(29)37)19-26-21(2)18-22(3)34-31(26)38-20-24-10-8-7-9-11-24/h7-11,18,25,27,33H,6,12-17,19-20H2,1-5H3. The van der Waals surface area contributed by atoms with Gasteiger partial charge in [-0.05, 0) is 69.8 Å². The van der Waals surface area contributed by atoms with Gasteiger partial charge < -0.3 is 15.0 Å². The molecule has 39 heavy (non-hydrogen) atoms. The Balaban J connectivity index is 1.36. The molecule has 2 aromatic heterocycles. The Bertz CT molecular complexity index is 1300. The molecule has 2 aliphatic heterocycles. The normalized spacial score (nSPS) is 17.4. The molecule has 0 radical (unpaired) electrons. The van der Waals surface area contributed by atoms with E-state index in [1.54, 1.807) is 0 Å². The van der Waals surface area contributed by atoms with Crippen LogP contribution in [0.25, 0.3) is 0 Å². The lowest BCUT2D eigenvalue weighted by Crippen LogP contribution is -2.42. The third kappa shape index (κ3) is 5.91. The molecule has 0 aliphatic carbocycles. The van der Waals surface area contributed by atoms with Crippen molar-refractivity contribution in [2.45, 2.75) is 78.6 Å². The number of aryl methyl sites for hydroxylation is 2. The first-order valence-electron chi connectivity index (χ1n) is 14.4. The van der Waals surface area contributed by atoms with Gasteiger partial charge >= 0.3 is 0 Å². The quantitative estimate of drug-likeness (QED) is 0.358. The van der Waals surface area contributed by atoms with E-state index in [0.717, 1.165) is 60.4 Å². The van der Waals surface area contributed by atoms with E-state index in [-0.39, 0.29) is 5.91 Å². The highest BCUT2D eigenvalue weighted by Gasteiger charge is 2.34. The highest BCUT2D eigenvalue weighted by atomic mass is 32.1. The van der Waals surface area contributed by atoms with E-state index in [9.17, 15) is 4.79 Å². The maximum atomic E-state index is 13.9. The zero-order valence-corrected chi connectivity index (χ0v) is 24.9. The van der Waals surface area contributed by atoms with E-state index >= 15 is 0 Å². The van der Waals surface area contributed by atoms with Crippen LogP contribution in [-0.2, 0) is 19.6 Å². The van der Waals surface area contributed by atoms with Crippen LogP contribution in [0.15, 0.2) is 36.4 Å². The second-order valence-electron chi connectivity index (χ2n) is 11.0. The van der Waals surface area contributed by atoms with Gasteiger partial charge in [-0.3, -0.25) is 9.69 Å².